The van der Waals surface area contributed by atoms with Crippen LogP contribution in [0, 0.1) is 5.92 Å². The summed E-state index contributed by atoms with van der Waals surface area (Å²) in [7, 11) is 0. The number of aliphatic hydroxyl groups excluding tert-OH is 2. The zero-order chi connectivity index (χ0) is 11.5. The minimum absolute atomic E-state index is 0.118. The Bertz CT molecular complexity index is 326. The number of ketones is 2. The van der Waals surface area contributed by atoms with Gasteiger partial charge >= 0.3 is 6.21 Å². The fourth-order valence-electron chi connectivity index (χ4n) is 1.19. The molecule has 2 N–H and O–H groups in total. The standard InChI is InChI=1S/C8H10N2O5/c9-10-1-6(13)8(4-15-8)7(14)5(2-11)3-12/h1,5,11-12H,2-4H2. The van der Waals surface area contributed by atoms with E-state index in [0.717, 1.165) is 0 Å². The number of ether oxygens (including phenoxy) is 1. The normalized spacial score (nSPS) is 23.4. The molecule has 0 bridgehead atoms. The van der Waals surface area contributed by atoms with Gasteiger partial charge < -0.3 is 20.5 Å². The van der Waals surface area contributed by atoms with E-state index in [0.29, 0.717) is 6.21 Å². The van der Waals surface area contributed by atoms with Gasteiger partial charge in [-0.25, -0.2) is 0 Å². The summed E-state index contributed by atoms with van der Waals surface area (Å²) in [5.41, 5.74) is 6.48. The lowest BCUT2D eigenvalue weighted by Crippen LogP contribution is -2.42. The predicted molar refractivity (Wildman–Crippen MR) is 46.0 cm³/mol. The van der Waals surface area contributed by atoms with Crippen molar-refractivity contribution in [3.63, 3.8) is 0 Å². The van der Waals surface area contributed by atoms with E-state index >= 15 is 0 Å². The molecule has 1 heterocycles. The van der Waals surface area contributed by atoms with E-state index in [4.69, 9.17) is 20.5 Å². The molecule has 1 fully saturated rings. The molecule has 0 aliphatic carbocycles. The molecule has 1 rings (SSSR count). The van der Waals surface area contributed by atoms with Crippen molar-refractivity contribution in [3.05, 3.63) is 5.53 Å². The number of hydrogen-bond donors (Lipinski definition) is 2. The van der Waals surface area contributed by atoms with Crippen molar-refractivity contribution in [2.75, 3.05) is 19.8 Å². The quantitative estimate of drug-likeness (QED) is 0.171. The average molecular weight is 214 g/mol. The third kappa shape index (κ3) is 2.00. The number of rotatable bonds is 6. The highest BCUT2D eigenvalue weighted by Crippen LogP contribution is 2.31. The van der Waals surface area contributed by atoms with Crippen molar-refractivity contribution < 1.29 is 29.3 Å². The molecule has 0 radical (unpaired) electrons. The van der Waals surface area contributed by atoms with Gasteiger partial charge in [-0.05, 0) is 0 Å². The lowest BCUT2D eigenvalue weighted by molar-refractivity contribution is -0.137. The SMILES string of the molecule is [N-]=[N+]=CC(=O)C1(C(=O)C(CO)CO)CO1. The average Bonchev–Trinajstić information content (AvgIpc) is 3.00. The summed E-state index contributed by atoms with van der Waals surface area (Å²) in [6, 6.07) is 0. The van der Waals surface area contributed by atoms with Crippen LogP contribution in [0.2, 0.25) is 0 Å². The molecule has 0 spiro atoms. The van der Waals surface area contributed by atoms with Gasteiger partial charge in [-0.2, -0.15) is 4.79 Å². The van der Waals surface area contributed by atoms with Crippen LogP contribution in [0.1, 0.15) is 0 Å². The van der Waals surface area contributed by atoms with Crippen LogP contribution < -0.4 is 0 Å². The van der Waals surface area contributed by atoms with Gasteiger partial charge in [-0.1, -0.05) is 0 Å². The zero-order valence-electron chi connectivity index (χ0n) is 7.79. The minimum atomic E-state index is -1.66. The molecule has 0 aromatic heterocycles. The molecule has 7 nitrogen and oxygen atoms in total. The first kappa shape index (κ1) is 11.7. The van der Waals surface area contributed by atoms with Gasteiger partial charge in [0, 0.05) is 0 Å². The van der Waals surface area contributed by atoms with Gasteiger partial charge in [0.1, 0.15) is 0 Å². The second-order valence-corrected chi connectivity index (χ2v) is 3.15. The van der Waals surface area contributed by atoms with E-state index in [1.54, 1.807) is 0 Å². The van der Waals surface area contributed by atoms with Gasteiger partial charge in [-0.3, -0.25) is 9.59 Å². The molecule has 0 aromatic carbocycles. The molecule has 15 heavy (non-hydrogen) atoms. The largest absolute Gasteiger partial charge is 0.396 e. The number of hydrogen-bond acceptors (Lipinski definition) is 5. The first-order valence-electron chi connectivity index (χ1n) is 4.24. The fraction of sp³-hybridized carbons (Fsp3) is 0.625. The molecule has 1 saturated heterocycles. The molecule has 1 aliphatic heterocycles. The molecular weight excluding hydrogens is 204 g/mol. The molecule has 7 heteroatoms. The Morgan fingerprint density at radius 3 is 2.40 bits per heavy atom. The highest BCUT2D eigenvalue weighted by atomic mass is 16.6. The molecular formula is C8H10N2O5. The Hall–Kier alpha value is -1.40. The van der Waals surface area contributed by atoms with Crippen molar-refractivity contribution in [3.8, 4) is 0 Å². The number of Topliss-reactive ketones (excluding diaryl/α,β-unsaturated/α-hetero) is 2. The number of carbonyl (C=O) groups excluding carboxylic acids is 2. The number of epoxide rings is 1. The third-order valence-corrected chi connectivity index (χ3v) is 2.22. The molecule has 0 aromatic rings. The van der Waals surface area contributed by atoms with Crippen LogP contribution in [-0.2, 0) is 14.3 Å². The van der Waals surface area contributed by atoms with E-state index in [9.17, 15) is 9.59 Å². The summed E-state index contributed by atoms with van der Waals surface area (Å²) in [6.07, 6.45) is 0.566. The predicted octanol–water partition coefficient (Wildman–Crippen LogP) is -2.20. The summed E-state index contributed by atoms with van der Waals surface area (Å²) in [4.78, 5) is 25.4. The second-order valence-electron chi connectivity index (χ2n) is 3.15. The maximum atomic E-state index is 11.6. The van der Waals surface area contributed by atoms with Crippen molar-refractivity contribution in [1.82, 2.24) is 0 Å². The zero-order valence-corrected chi connectivity index (χ0v) is 7.79. The molecule has 0 amide bonds. The fourth-order valence-corrected chi connectivity index (χ4v) is 1.19. The Morgan fingerprint density at radius 1 is 1.53 bits per heavy atom. The Labute approximate surface area is 84.9 Å². The van der Waals surface area contributed by atoms with Gasteiger partial charge in [-0.15, -0.1) is 0 Å². The maximum Gasteiger partial charge on any atom is 0.326 e. The topological polar surface area (TPSA) is 124 Å². The maximum absolute atomic E-state index is 11.6. The Morgan fingerprint density at radius 2 is 2.07 bits per heavy atom. The lowest BCUT2D eigenvalue weighted by Gasteiger charge is -2.12. The van der Waals surface area contributed by atoms with Crippen LogP contribution in [0.25, 0.3) is 5.53 Å². The van der Waals surface area contributed by atoms with E-state index in [-0.39, 0.29) is 6.61 Å². The van der Waals surface area contributed by atoms with Crippen LogP contribution in [0.5, 0.6) is 0 Å². The minimum Gasteiger partial charge on any atom is -0.396 e. The van der Waals surface area contributed by atoms with E-state index in [2.05, 4.69) is 4.79 Å². The second kappa shape index (κ2) is 4.41. The van der Waals surface area contributed by atoms with Gasteiger partial charge in [0.05, 0.1) is 25.7 Å². The summed E-state index contributed by atoms with van der Waals surface area (Å²) in [6.45, 7) is -1.25. The van der Waals surface area contributed by atoms with E-state index in [1.165, 1.54) is 0 Å². The van der Waals surface area contributed by atoms with Crippen LogP contribution in [-0.4, -0.2) is 58.2 Å². The first-order chi connectivity index (χ1) is 7.12. The van der Waals surface area contributed by atoms with Crippen molar-refractivity contribution >= 4 is 17.8 Å². The molecule has 1 unspecified atom stereocenters. The van der Waals surface area contributed by atoms with E-state index in [1.807, 2.05) is 0 Å². The van der Waals surface area contributed by atoms with Crippen LogP contribution in [0.15, 0.2) is 0 Å². The summed E-state index contributed by atoms with van der Waals surface area (Å²) < 4.78 is 4.73. The molecule has 1 aliphatic rings. The van der Waals surface area contributed by atoms with Gasteiger partial charge in [0.2, 0.25) is 5.60 Å². The highest BCUT2D eigenvalue weighted by molar-refractivity contribution is 6.37. The Balaban J connectivity index is 2.82. The number of carbonyl (C=O) groups is 2. The van der Waals surface area contributed by atoms with Gasteiger partial charge in [0.15, 0.2) is 5.78 Å². The summed E-state index contributed by atoms with van der Waals surface area (Å²) >= 11 is 0. The summed E-state index contributed by atoms with van der Waals surface area (Å²) in [5.74, 6) is -2.54. The van der Waals surface area contributed by atoms with Gasteiger partial charge in [0.25, 0.3) is 5.78 Å². The van der Waals surface area contributed by atoms with Crippen LogP contribution in [0.4, 0.5) is 0 Å². The third-order valence-electron chi connectivity index (χ3n) is 2.22. The highest BCUT2D eigenvalue weighted by Gasteiger charge is 2.60. The Kier molecular flexibility index (Phi) is 3.43. The van der Waals surface area contributed by atoms with Crippen molar-refractivity contribution in [2.45, 2.75) is 5.60 Å². The molecule has 1 atom stereocenters. The van der Waals surface area contributed by atoms with Crippen molar-refractivity contribution in [1.29, 1.82) is 0 Å². The van der Waals surface area contributed by atoms with Crippen LogP contribution >= 0.6 is 0 Å². The molecule has 0 saturated carbocycles. The monoisotopic (exact) mass is 214 g/mol. The lowest BCUT2D eigenvalue weighted by atomic mass is 9.91. The molecule has 82 valence electrons. The number of nitrogens with zero attached hydrogens (tertiary/aromatic N) is 2. The smallest absolute Gasteiger partial charge is 0.326 e. The van der Waals surface area contributed by atoms with Crippen LogP contribution in [0.3, 0.4) is 0 Å². The number of aliphatic hydroxyl groups is 2. The summed E-state index contributed by atoms with van der Waals surface area (Å²) in [5, 5.41) is 17.5. The van der Waals surface area contributed by atoms with E-state index < -0.39 is 36.3 Å². The first-order valence-corrected chi connectivity index (χ1v) is 4.24. The van der Waals surface area contributed by atoms with Crippen molar-refractivity contribution in [2.24, 2.45) is 5.92 Å².